The monoisotopic (exact) mass is 308 g/mol. The Hall–Kier alpha value is -3.15. The number of nitrogens with zero attached hydrogens (tertiary/aromatic N) is 3. The number of benzene rings is 2. The average Bonchev–Trinajstić information content (AvgIpc) is 2.55. The summed E-state index contributed by atoms with van der Waals surface area (Å²) < 4.78 is 0.461. The average molecular weight is 308 g/mol. The molecule has 2 N–H and O–H groups in total. The second-order valence-corrected chi connectivity index (χ2v) is 5.30. The Morgan fingerprint density at radius 3 is 2.83 bits per heavy atom. The van der Waals surface area contributed by atoms with Crippen molar-refractivity contribution in [1.82, 2.24) is 9.71 Å². The highest BCUT2D eigenvalue weighted by molar-refractivity contribution is 5.82. The molecular formula is C17H16N4O2. The van der Waals surface area contributed by atoms with Crippen LogP contribution >= 0.6 is 0 Å². The third-order valence-corrected chi connectivity index (χ3v) is 3.56. The fraction of sp³-hybridized carbons (Fsp3) is 0.118. The molecule has 0 spiro atoms. The molecule has 0 amide bonds. The van der Waals surface area contributed by atoms with Gasteiger partial charge in [0.1, 0.15) is 0 Å². The summed E-state index contributed by atoms with van der Waals surface area (Å²) in [6.45, 7) is 3.98. The number of hydrogen-bond donors (Lipinski definition) is 2. The number of fused-ring (bicyclic) bond motifs is 1. The smallest absolute Gasteiger partial charge is 0.295 e. The molecule has 0 atom stereocenters. The second-order valence-electron chi connectivity index (χ2n) is 5.30. The Morgan fingerprint density at radius 1 is 1.22 bits per heavy atom. The highest BCUT2D eigenvalue weighted by Crippen LogP contribution is 2.11. The number of anilines is 1. The molecule has 23 heavy (non-hydrogen) atoms. The SMILES string of the molecule is Cc1ccc(C)c(/C=N\Nc2nc3ccccc3c(=O)n2O)c1. The largest absolute Gasteiger partial charge is 0.422 e. The molecule has 0 aliphatic heterocycles. The van der Waals surface area contributed by atoms with Crippen LogP contribution in [0.2, 0.25) is 0 Å². The molecule has 0 saturated heterocycles. The lowest BCUT2D eigenvalue weighted by Gasteiger charge is -2.06. The highest BCUT2D eigenvalue weighted by atomic mass is 16.5. The van der Waals surface area contributed by atoms with E-state index in [0.717, 1.165) is 16.7 Å². The Morgan fingerprint density at radius 2 is 2.00 bits per heavy atom. The molecule has 3 rings (SSSR count). The first-order valence-electron chi connectivity index (χ1n) is 7.13. The Bertz CT molecular complexity index is 960. The van der Waals surface area contributed by atoms with E-state index in [1.165, 1.54) is 0 Å². The standard InChI is InChI=1S/C17H16N4O2/c1-11-7-8-12(2)13(9-11)10-18-20-17-19-15-6-4-3-5-14(15)16(22)21(17)23/h3-10,23H,1-2H3,(H,19,20)/b18-10-. The summed E-state index contributed by atoms with van der Waals surface area (Å²) in [5, 5.41) is 14.3. The predicted octanol–water partition coefficient (Wildman–Crippen LogP) is 2.70. The van der Waals surface area contributed by atoms with Crippen LogP contribution in [0.1, 0.15) is 16.7 Å². The van der Waals surface area contributed by atoms with E-state index in [4.69, 9.17) is 0 Å². The quantitative estimate of drug-likeness (QED) is 0.443. The number of hydrogen-bond acceptors (Lipinski definition) is 5. The van der Waals surface area contributed by atoms with Gasteiger partial charge in [-0.3, -0.25) is 4.79 Å². The van der Waals surface area contributed by atoms with Gasteiger partial charge in [0.05, 0.1) is 17.1 Å². The molecule has 0 saturated carbocycles. The molecule has 0 fully saturated rings. The number of aromatic nitrogens is 2. The van der Waals surface area contributed by atoms with Gasteiger partial charge in [0.15, 0.2) is 0 Å². The summed E-state index contributed by atoms with van der Waals surface area (Å²) in [6, 6.07) is 12.8. The van der Waals surface area contributed by atoms with Crippen LogP contribution in [0.15, 0.2) is 52.4 Å². The zero-order valence-corrected chi connectivity index (χ0v) is 12.8. The van der Waals surface area contributed by atoms with E-state index in [1.807, 2.05) is 32.0 Å². The Kier molecular flexibility index (Phi) is 3.80. The predicted molar refractivity (Wildman–Crippen MR) is 90.3 cm³/mol. The molecule has 1 aromatic heterocycles. The molecule has 0 aliphatic carbocycles. The van der Waals surface area contributed by atoms with Gasteiger partial charge in [0.2, 0.25) is 0 Å². The maximum Gasteiger partial charge on any atom is 0.295 e. The van der Waals surface area contributed by atoms with Crippen LogP contribution in [-0.4, -0.2) is 21.1 Å². The van der Waals surface area contributed by atoms with Gasteiger partial charge >= 0.3 is 0 Å². The van der Waals surface area contributed by atoms with Crippen molar-refractivity contribution in [1.29, 1.82) is 0 Å². The molecule has 0 unspecified atom stereocenters. The first-order valence-corrected chi connectivity index (χ1v) is 7.13. The fourth-order valence-corrected chi connectivity index (χ4v) is 2.25. The second kappa shape index (κ2) is 5.92. The summed E-state index contributed by atoms with van der Waals surface area (Å²) >= 11 is 0. The maximum atomic E-state index is 12.1. The van der Waals surface area contributed by atoms with Gasteiger partial charge in [-0.05, 0) is 37.1 Å². The lowest BCUT2D eigenvalue weighted by Crippen LogP contribution is -2.22. The summed E-state index contributed by atoms with van der Waals surface area (Å²) in [5.41, 5.74) is 5.72. The normalized spacial score (nSPS) is 11.2. The van der Waals surface area contributed by atoms with Gasteiger partial charge in [-0.25, -0.2) is 10.4 Å². The zero-order valence-electron chi connectivity index (χ0n) is 12.8. The Labute approximate surface area is 132 Å². The van der Waals surface area contributed by atoms with E-state index in [9.17, 15) is 10.0 Å². The van der Waals surface area contributed by atoms with Crippen LogP contribution in [0.4, 0.5) is 5.95 Å². The fourth-order valence-electron chi connectivity index (χ4n) is 2.25. The number of nitrogens with one attached hydrogen (secondary N) is 1. The number of hydrazone groups is 1. The third-order valence-electron chi connectivity index (χ3n) is 3.56. The molecule has 0 radical (unpaired) electrons. The molecule has 0 bridgehead atoms. The summed E-state index contributed by atoms with van der Waals surface area (Å²) in [4.78, 5) is 16.3. The molecule has 2 aromatic carbocycles. The number of para-hydroxylation sites is 1. The molecule has 0 aliphatic rings. The van der Waals surface area contributed by atoms with Gasteiger partial charge in [-0.15, -0.1) is 4.73 Å². The van der Waals surface area contributed by atoms with Gasteiger partial charge in [-0.1, -0.05) is 35.9 Å². The van der Waals surface area contributed by atoms with Crippen LogP contribution in [0.5, 0.6) is 0 Å². The van der Waals surface area contributed by atoms with E-state index in [-0.39, 0.29) is 5.95 Å². The van der Waals surface area contributed by atoms with E-state index in [0.29, 0.717) is 15.6 Å². The van der Waals surface area contributed by atoms with Crippen molar-refractivity contribution in [2.45, 2.75) is 13.8 Å². The van der Waals surface area contributed by atoms with Crippen molar-refractivity contribution in [2.75, 3.05) is 5.43 Å². The maximum absolute atomic E-state index is 12.1. The topological polar surface area (TPSA) is 79.5 Å². The van der Waals surface area contributed by atoms with Crippen molar-refractivity contribution in [2.24, 2.45) is 5.10 Å². The first-order chi connectivity index (χ1) is 11.1. The van der Waals surface area contributed by atoms with E-state index < -0.39 is 5.56 Å². The molecule has 116 valence electrons. The number of aryl methyl sites for hydroxylation is 2. The van der Waals surface area contributed by atoms with Gasteiger partial charge in [-0.2, -0.15) is 5.10 Å². The van der Waals surface area contributed by atoms with Crippen LogP contribution in [0, 0.1) is 13.8 Å². The van der Waals surface area contributed by atoms with Crippen LogP contribution in [-0.2, 0) is 0 Å². The lowest BCUT2D eigenvalue weighted by molar-refractivity contribution is 0.179. The van der Waals surface area contributed by atoms with Crippen molar-refractivity contribution in [3.05, 3.63) is 69.5 Å². The minimum atomic E-state index is -0.542. The van der Waals surface area contributed by atoms with E-state index >= 15 is 0 Å². The van der Waals surface area contributed by atoms with Gasteiger partial charge < -0.3 is 5.21 Å². The Balaban J connectivity index is 1.93. The summed E-state index contributed by atoms with van der Waals surface area (Å²) in [6.07, 6.45) is 1.63. The van der Waals surface area contributed by atoms with Crippen molar-refractivity contribution >= 4 is 23.1 Å². The highest BCUT2D eigenvalue weighted by Gasteiger charge is 2.08. The van der Waals surface area contributed by atoms with Crippen LogP contribution < -0.4 is 11.0 Å². The summed E-state index contributed by atoms with van der Waals surface area (Å²) in [5.74, 6) is -0.0322. The van der Waals surface area contributed by atoms with Crippen molar-refractivity contribution in [3.8, 4) is 0 Å². The third kappa shape index (κ3) is 2.91. The van der Waals surface area contributed by atoms with Crippen molar-refractivity contribution in [3.63, 3.8) is 0 Å². The van der Waals surface area contributed by atoms with Crippen LogP contribution in [0.25, 0.3) is 10.9 Å². The molecule has 6 heteroatoms. The van der Waals surface area contributed by atoms with Crippen molar-refractivity contribution < 1.29 is 5.21 Å². The van der Waals surface area contributed by atoms with E-state index in [1.54, 1.807) is 30.5 Å². The molecule has 3 aromatic rings. The van der Waals surface area contributed by atoms with Gasteiger partial charge in [0, 0.05) is 0 Å². The first kappa shape index (κ1) is 14.8. The zero-order chi connectivity index (χ0) is 16.4. The van der Waals surface area contributed by atoms with Crippen LogP contribution in [0.3, 0.4) is 0 Å². The molecule has 1 heterocycles. The number of rotatable bonds is 3. The minimum Gasteiger partial charge on any atom is -0.422 e. The summed E-state index contributed by atoms with van der Waals surface area (Å²) in [7, 11) is 0. The molecule has 6 nitrogen and oxygen atoms in total. The minimum absolute atomic E-state index is 0.0322. The lowest BCUT2D eigenvalue weighted by atomic mass is 10.1. The van der Waals surface area contributed by atoms with E-state index in [2.05, 4.69) is 15.5 Å². The molecular weight excluding hydrogens is 292 g/mol. The van der Waals surface area contributed by atoms with Gasteiger partial charge in [0.25, 0.3) is 11.5 Å².